The Balaban J connectivity index is 2.99. The molecule has 0 spiro atoms. The molecule has 0 saturated carbocycles. The van der Waals surface area contributed by atoms with Gasteiger partial charge in [-0.05, 0) is 41.4 Å². The van der Waals surface area contributed by atoms with Gasteiger partial charge in [-0.1, -0.05) is 52.8 Å². The number of allylic oxidation sites excluding steroid dienone is 1. The summed E-state index contributed by atoms with van der Waals surface area (Å²) in [6.45, 7) is 15.6. The largest absolute Gasteiger partial charge is 0.493 e. The Kier molecular flexibility index (Phi) is 5.65. The minimum atomic E-state index is 0.108. The number of benzene rings is 1. The van der Waals surface area contributed by atoms with Crippen molar-refractivity contribution in [2.45, 2.75) is 52.9 Å². The second-order valence-electron chi connectivity index (χ2n) is 6.61. The van der Waals surface area contributed by atoms with Gasteiger partial charge in [0.25, 0.3) is 0 Å². The zero-order valence-corrected chi connectivity index (χ0v) is 13.1. The lowest BCUT2D eigenvalue weighted by molar-refractivity contribution is 0.265. The minimum absolute atomic E-state index is 0.108. The highest BCUT2D eigenvalue weighted by Gasteiger charge is 2.19. The summed E-state index contributed by atoms with van der Waals surface area (Å²) >= 11 is 0. The van der Waals surface area contributed by atoms with E-state index in [-0.39, 0.29) is 5.41 Å². The van der Waals surface area contributed by atoms with Crippen LogP contribution in [0.5, 0.6) is 5.75 Å². The van der Waals surface area contributed by atoms with Gasteiger partial charge in [0, 0.05) is 0 Å². The maximum absolute atomic E-state index is 5.96. The molecular formula is C18H28O. The third-order valence-corrected chi connectivity index (χ3v) is 3.06. The van der Waals surface area contributed by atoms with E-state index in [1.54, 1.807) is 0 Å². The number of ether oxygens (including phenoxy) is 1. The minimum Gasteiger partial charge on any atom is -0.493 e. The van der Waals surface area contributed by atoms with E-state index in [9.17, 15) is 0 Å². The van der Waals surface area contributed by atoms with E-state index in [2.05, 4.69) is 59.4 Å². The van der Waals surface area contributed by atoms with Gasteiger partial charge in [0.1, 0.15) is 5.75 Å². The highest BCUT2D eigenvalue weighted by Crippen LogP contribution is 2.32. The molecule has 0 fully saturated rings. The number of hydrogen-bond acceptors (Lipinski definition) is 1. The molecule has 1 aromatic carbocycles. The zero-order chi connectivity index (χ0) is 14.5. The van der Waals surface area contributed by atoms with Crippen LogP contribution in [0.15, 0.2) is 30.9 Å². The Morgan fingerprint density at radius 2 is 1.95 bits per heavy atom. The van der Waals surface area contributed by atoms with E-state index < -0.39 is 0 Å². The topological polar surface area (TPSA) is 9.23 Å². The van der Waals surface area contributed by atoms with Gasteiger partial charge >= 0.3 is 0 Å². The quantitative estimate of drug-likeness (QED) is 0.644. The third kappa shape index (κ3) is 5.10. The molecule has 0 atom stereocenters. The van der Waals surface area contributed by atoms with Crippen molar-refractivity contribution < 1.29 is 4.74 Å². The van der Waals surface area contributed by atoms with Gasteiger partial charge < -0.3 is 4.74 Å². The predicted molar refractivity (Wildman–Crippen MR) is 84.0 cm³/mol. The van der Waals surface area contributed by atoms with Gasteiger partial charge in [0.05, 0.1) is 6.61 Å². The molecule has 1 aromatic rings. The second kappa shape index (κ2) is 6.79. The predicted octanol–water partition coefficient (Wildman–Crippen LogP) is 5.14. The summed E-state index contributed by atoms with van der Waals surface area (Å²) < 4.78 is 5.96. The lowest BCUT2D eigenvalue weighted by atomic mass is 9.85. The van der Waals surface area contributed by atoms with E-state index in [0.717, 1.165) is 25.2 Å². The van der Waals surface area contributed by atoms with Crippen LogP contribution in [-0.4, -0.2) is 6.61 Å². The van der Waals surface area contributed by atoms with Crippen molar-refractivity contribution >= 4 is 0 Å². The van der Waals surface area contributed by atoms with Crippen molar-refractivity contribution in [1.29, 1.82) is 0 Å². The van der Waals surface area contributed by atoms with Crippen LogP contribution in [0.25, 0.3) is 0 Å². The van der Waals surface area contributed by atoms with Crippen molar-refractivity contribution in [1.82, 2.24) is 0 Å². The molecule has 0 aliphatic carbocycles. The highest BCUT2D eigenvalue weighted by molar-refractivity contribution is 5.41. The van der Waals surface area contributed by atoms with Crippen LogP contribution in [0.1, 0.15) is 52.2 Å². The maximum atomic E-state index is 5.96. The first kappa shape index (κ1) is 15.8. The standard InChI is InChI=1S/C18H28O/c1-7-8-9-15-10-11-17(19-13-14(2)3)16(12-15)18(4,5)6/h7,10-12,14H,1,8-9,13H2,2-6H3. The zero-order valence-electron chi connectivity index (χ0n) is 13.1. The fraction of sp³-hybridized carbons (Fsp3) is 0.556. The van der Waals surface area contributed by atoms with Crippen LogP contribution in [0.3, 0.4) is 0 Å². The molecule has 0 radical (unpaired) electrons. The Morgan fingerprint density at radius 3 is 2.47 bits per heavy atom. The first-order valence-electron chi connectivity index (χ1n) is 7.21. The van der Waals surface area contributed by atoms with Crippen molar-refractivity contribution in [3.63, 3.8) is 0 Å². The molecule has 0 aliphatic heterocycles. The maximum Gasteiger partial charge on any atom is 0.123 e. The van der Waals surface area contributed by atoms with Crippen LogP contribution < -0.4 is 4.74 Å². The summed E-state index contributed by atoms with van der Waals surface area (Å²) in [7, 11) is 0. The van der Waals surface area contributed by atoms with Crippen LogP contribution in [-0.2, 0) is 11.8 Å². The summed E-state index contributed by atoms with van der Waals surface area (Å²) in [6, 6.07) is 6.59. The van der Waals surface area contributed by atoms with Crippen molar-refractivity contribution in [3.05, 3.63) is 42.0 Å². The molecule has 0 aliphatic rings. The molecule has 0 saturated heterocycles. The third-order valence-electron chi connectivity index (χ3n) is 3.06. The lowest BCUT2D eigenvalue weighted by Crippen LogP contribution is -2.15. The molecule has 0 bridgehead atoms. The number of aryl methyl sites for hydroxylation is 1. The van der Waals surface area contributed by atoms with Crippen LogP contribution in [0.4, 0.5) is 0 Å². The summed E-state index contributed by atoms with van der Waals surface area (Å²) in [6.07, 6.45) is 4.05. The van der Waals surface area contributed by atoms with Gasteiger partial charge in [0.2, 0.25) is 0 Å². The van der Waals surface area contributed by atoms with Gasteiger partial charge in [0.15, 0.2) is 0 Å². The van der Waals surface area contributed by atoms with E-state index in [0.29, 0.717) is 5.92 Å². The smallest absolute Gasteiger partial charge is 0.123 e. The second-order valence-corrected chi connectivity index (χ2v) is 6.61. The number of hydrogen-bond donors (Lipinski definition) is 0. The molecule has 1 nitrogen and oxygen atoms in total. The first-order chi connectivity index (χ1) is 8.84. The van der Waals surface area contributed by atoms with E-state index in [4.69, 9.17) is 4.74 Å². The monoisotopic (exact) mass is 260 g/mol. The first-order valence-corrected chi connectivity index (χ1v) is 7.21. The molecule has 0 N–H and O–H groups in total. The van der Waals surface area contributed by atoms with Crippen LogP contribution in [0, 0.1) is 5.92 Å². The molecule has 0 aromatic heterocycles. The molecule has 0 unspecified atom stereocenters. The summed E-state index contributed by atoms with van der Waals surface area (Å²) in [5, 5.41) is 0. The van der Waals surface area contributed by atoms with Crippen LogP contribution >= 0.6 is 0 Å². The summed E-state index contributed by atoms with van der Waals surface area (Å²) in [4.78, 5) is 0. The van der Waals surface area contributed by atoms with Crippen molar-refractivity contribution in [2.24, 2.45) is 5.92 Å². The Morgan fingerprint density at radius 1 is 1.26 bits per heavy atom. The van der Waals surface area contributed by atoms with Gasteiger partial charge in [-0.2, -0.15) is 0 Å². The van der Waals surface area contributed by atoms with Crippen LogP contribution in [0.2, 0.25) is 0 Å². The average Bonchev–Trinajstić information content (AvgIpc) is 2.33. The summed E-state index contributed by atoms with van der Waals surface area (Å²) in [5.74, 6) is 1.58. The molecular weight excluding hydrogens is 232 g/mol. The van der Waals surface area contributed by atoms with Gasteiger partial charge in [-0.3, -0.25) is 0 Å². The van der Waals surface area contributed by atoms with E-state index >= 15 is 0 Å². The van der Waals surface area contributed by atoms with Crippen molar-refractivity contribution in [3.8, 4) is 5.75 Å². The SMILES string of the molecule is C=CCCc1ccc(OCC(C)C)c(C(C)(C)C)c1. The van der Waals surface area contributed by atoms with E-state index in [1.807, 2.05) is 6.08 Å². The Bertz CT molecular complexity index is 410. The molecule has 0 amide bonds. The normalized spacial score (nSPS) is 11.7. The molecule has 106 valence electrons. The molecule has 1 rings (SSSR count). The molecule has 1 heteroatoms. The summed E-state index contributed by atoms with van der Waals surface area (Å²) in [5.41, 5.74) is 2.77. The number of rotatable bonds is 6. The lowest BCUT2D eigenvalue weighted by Gasteiger charge is -2.24. The fourth-order valence-electron chi connectivity index (χ4n) is 1.97. The Hall–Kier alpha value is -1.24. The highest BCUT2D eigenvalue weighted by atomic mass is 16.5. The van der Waals surface area contributed by atoms with Gasteiger partial charge in [-0.15, -0.1) is 6.58 Å². The molecule has 0 heterocycles. The van der Waals surface area contributed by atoms with Crippen molar-refractivity contribution in [2.75, 3.05) is 6.61 Å². The fourth-order valence-corrected chi connectivity index (χ4v) is 1.97. The average molecular weight is 260 g/mol. The molecule has 19 heavy (non-hydrogen) atoms. The van der Waals surface area contributed by atoms with Gasteiger partial charge in [-0.25, -0.2) is 0 Å². The Labute approximate surface area is 118 Å². The van der Waals surface area contributed by atoms with E-state index in [1.165, 1.54) is 11.1 Å².